The number of hydrogen-bond donors (Lipinski definition) is 1. The molecule has 1 atom stereocenters. The zero-order valence-electron chi connectivity index (χ0n) is 17.6. The Bertz CT molecular complexity index is 991. The average molecular weight is 434 g/mol. The van der Waals surface area contributed by atoms with Crippen LogP contribution in [0.1, 0.15) is 17.3 Å². The summed E-state index contributed by atoms with van der Waals surface area (Å²) in [5.74, 6) is -0.569. The number of esters is 1. The molecule has 0 radical (unpaired) electrons. The third-order valence-corrected chi connectivity index (χ3v) is 4.23. The van der Waals surface area contributed by atoms with Gasteiger partial charge >= 0.3 is 5.97 Å². The van der Waals surface area contributed by atoms with Crippen LogP contribution < -0.4 is 24.3 Å². The normalized spacial score (nSPS) is 11.1. The van der Waals surface area contributed by atoms with Crippen molar-refractivity contribution in [2.24, 2.45) is 0 Å². The van der Waals surface area contributed by atoms with E-state index in [-0.39, 0.29) is 34.2 Å². The summed E-state index contributed by atoms with van der Waals surface area (Å²) in [6, 6.07) is 6.55. The van der Waals surface area contributed by atoms with Gasteiger partial charge in [-0.05, 0) is 13.0 Å². The quantitative estimate of drug-likeness (QED) is 0.359. The van der Waals surface area contributed by atoms with Gasteiger partial charge in [0.15, 0.2) is 17.6 Å². The summed E-state index contributed by atoms with van der Waals surface area (Å²) >= 11 is 0. The largest absolute Gasteiger partial charge is 0.496 e. The number of rotatable bonds is 9. The van der Waals surface area contributed by atoms with Crippen LogP contribution >= 0.6 is 0 Å². The molecule has 1 N–H and O–H groups in total. The number of anilines is 1. The maximum Gasteiger partial charge on any atom is 0.342 e. The van der Waals surface area contributed by atoms with E-state index in [0.29, 0.717) is 5.75 Å². The summed E-state index contributed by atoms with van der Waals surface area (Å²) in [7, 11) is 5.55. The van der Waals surface area contributed by atoms with E-state index >= 15 is 0 Å². The lowest BCUT2D eigenvalue weighted by Gasteiger charge is -2.17. The summed E-state index contributed by atoms with van der Waals surface area (Å²) < 4.78 is 25.9. The Morgan fingerprint density at radius 3 is 2.03 bits per heavy atom. The fourth-order valence-corrected chi connectivity index (χ4v) is 2.61. The zero-order chi connectivity index (χ0) is 23.1. The molecule has 0 saturated carbocycles. The highest BCUT2D eigenvalue weighted by Gasteiger charge is 2.25. The number of nitro groups is 1. The minimum absolute atomic E-state index is 0.0210. The predicted octanol–water partition coefficient (Wildman–Crippen LogP) is 2.81. The summed E-state index contributed by atoms with van der Waals surface area (Å²) in [6.45, 7) is 1.35. The van der Waals surface area contributed by atoms with Gasteiger partial charge in [0.2, 0.25) is 0 Å². The Balaban J connectivity index is 2.21. The van der Waals surface area contributed by atoms with Gasteiger partial charge in [0.05, 0.1) is 39.0 Å². The highest BCUT2D eigenvalue weighted by Crippen LogP contribution is 2.35. The van der Waals surface area contributed by atoms with Crippen LogP contribution in [0.15, 0.2) is 30.3 Å². The van der Waals surface area contributed by atoms with E-state index in [4.69, 9.17) is 23.7 Å². The van der Waals surface area contributed by atoms with Gasteiger partial charge in [0.25, 0.3) is 11.6 Å². The van der Waals surface area contributed by atoms with Gasteiger partial charge < -0.3 is 29.0 Å². The lowest BCUT2D eigenvalue weighted by molar-refractivity contribution is -0.384. The Hall–Kier alpha value is -4.02. The number of carbonyl (C=O) groups excluding carboxylic acids is 2. The molecular formula is C20H22N2O9. The topological polar surface area (TPSA) is 135 Å². The molecule has 0 bridgehead atoms. The Kier molecular flexibility index (Phi) is 7.61. The van der Waals surface area contributed by atoms with Gasteiger partial charge in [-0.1, -0.05) is 0 Å². The molecule has 0 aliphatic rings. The summed E-state index contributed by atoms with van der Waals surface area (Å²) in [6.07, 6.45) is -1.24. The van der Waals surface area contributed by atoms with Crippen LogP contribution in [0.5, 0.6) is 23.0 Å². The maximum absolute atomic E-state index is 12.6. The van der Waals surface area contributed by atoms with E-state index < -0.39 is 22.9 Å². The molecule has 11 heteroatoms. The molecule has 2 aromatic carbocycles. The predicted molar refractivity (Wildman–Crippen MR) is 109 cm³/mol. The van der Waals surface area contributed by atoms with Crippen molar-refractivity contribution in [3.63, 3.8) is 0 Å². The summed E-state index contributed by atoms with van der Waals surface area (Å²) in [4.78, 5) is 35.5. The number of hydrogen-bond acceptors (Lipinski definition) is 9. The van der Waals surface area contributed by atoms with Crippen LogP contribution in [0.2, 0.25) is 0 Å². The number of nitro benzene ring substituents is 1. The number of nitrogens with zero attached hydrogens (tertiary/aromatic N) is 1. The Morgan fingerprint density at radius 1 is 0.903 bits per heavy atom. The Morgan fingerprint density at radius 2 is 1.48 bits per heavy atom. The first-order chi connectivity index (χ1) is 14.7. The molecule has 0 saturated heterocycles. The van der Waals surface area contributed by atoms with E-state index in [2.05, 4.69) is 5.32 Å². The molecule has 0 spiro atoms. The van der Waals surface area contributed by atoms with Gasteiger partial charge in [-0.2, -0.15) is 0 Å². The smallest absolute Gasteiger partial charge is 0.342 e. The first-order valence-electron chi connectivity index (χ1n) is 8.90. The van der Waals surface area contributed by atoms with Crippen LogP contribution in [-0.2, 0) is 9.53 Å². The molecule has 1 amide bonds. The Labute approximate surface area is 178 Å². The monoisotopic (exact) mass is 434 g/mol. The second-order valence-electron chi connectivity index (χ2n) is 6.09. The van der Waals surface area contributed by atoms with Crippen molar-refractivity contribution in [3.8, 4) is 23.0 Å². The molecule has 1 unspecified atom stereocenters. The van der Waals surface area contributed by atoms with Gasteiger partial charge in [0, 0.05) is 24.3 Å². The fraction of sp³-hybridized carbons (Fsp3) is 0.300. The van der Waals surface area contributed by atoms with Crippen LogP contribution in [0.25, 0.3) is 0 Å². The maximum atomic E-state index is 12.6. The molecule has 166 valence electrons. The van der Waals surface area contributed by atoms with E-state index in [1.807, 2.05) is 0 Å². The highest BCUT2D eigenvalue weighted by atomic mass is 16.6. The number of amides is 1. The standard InChI is InChI=1S/C20H22N2O9/c1-11(19(23)21-14-8-12(22(25)26)6-7-15(14)27-2)31-20(24)13-9-17(29-4)18(30-5)10-16(13)28-3/h6-11H,1-5H3,(H,21,23). The average Bonchev–Trinajstić information content (AvgIpc) is 2.77. The second kappa shape index (κ2) is 10.1. The summed E-state index contributed by atoms with van der Waals surface area (Å²) in [5.41, 5.74) is -0.156. The first-order valence-corrected chi connectivity index (χ1v) is 8.90. The van der Waals surface area contributed by atoms with Crippen LogP contribution in [0.4, 0.5) is 11.4 Å². The number of nitrogens with one attached hydrogen (secondary N) is 1. The molecule has 0 aliphatic carbocycles. The van der Waals surface area contributed by atoms with Crippen molar-refractivity contribution in [1.29, 1.82) is 0 Å². The number of ether oxygens (including phenoxy) is 5. The van der Waals surface area contributed by atoms with Crippen molar-refractivity contribution in [1.82, 2.24) is 0 Å². The molecule has 31 heavy (non-hydrogen) atoms. The van der Waals surface area contributed by atoms with Crippen molar-refractivity contribution >= 4 is 23.3 Å². The molecule has 0 aromatic heterocycles. The van der Waals surface area contributed by atoms with Crippen LogP contribution in [0.3, 0.4) is 0 Å². The van der Waals surface area contributed by atoms with Gasteiger partial charge in [-0.25, -0.2) is 4.79 Å². The van der Waals surface area contributed by atoms with Gasteiger partial charge in [-0.15, -0.1) is 0 Å². The summed E-state index contributed by atoms with van der Waals surface area (Å²) in [5, 5.41) is 13.4. The molecule has 0 fully saturated rings. The van der Waals surface area contributed by atoms with E-state index in [1.54, 1.807) is 0 Å². The molecule has 11 nitrogen and oxygen atoms in total. The highest BCUT2D eigenvalue weighted by molar-refractivity contribution is 5.99. The lowest BCUT2D eigenvalue weighted by atomic mass is 10.1. The molecule has 2 rings (SSSR count). The van der Waals surface area contributed by atoms with Crippen LogP contribution in [-0.4, -0.2) is 51.3 Å². The minimum Gasteiger partial charge on any atom is -0.496 e. The molecule has 0 heterocycles. The first kappa shape index (κ1) is 23.3. The van der Waals surface area contributed by atoms with Crippen molar-refractivity contribution in [2.75, 3.05) is 33.8 Å². The molecule has 0 aliphatic heterocycles. The third-order valence-electron chi connectivity index (χ3n) is 4.23. The van der Waals surface area contributed by atoms with Gasteiger partial charge in [-0.3, -0.25) is 14.9 Å². The molecular weight excluding hydrogens is 412 g/mol. The lowest BCUT2D eigenvalue weighted by Crippen LogP contribution is -2.30. The van der Waals surface area contributed by atoms with E-state index in [0.717, 1.165) is 6.07 Å². The van der Waals surface area contributed by atoms with Crippen molar-refractivity contribution < 1.29 is 38.2 Å². The zero-order valence-corrected chi connectivity index (χ0v) is 17.6. The van der Waals surface area contributed by atoms with Crippen molar-refractivity contribution in [3.05, 3.63) is 46.0 Å². The van der Waals surface area contributed by atoms with E-state index in [9.17, 15) is 19.7 Å². The third kappa shape index (κ3) is 5.32. The van der Waals surface area contributed by atoms with Crippen LogP contribution in [0, 0.1) is 10.1 Å². The fourth-order valence-electron chi connectivity index (χ4n) is 2.61. The number of non-ortho nitro benzene ring substituents is 1. The minimum atomic E-state index is -1.24. The van der Waals surface area contributed by atoms with Gasteiger partial charge in [0.1, 0.15) is 17.1 Å². The SMILES string of the molecule is COc1ccc([N+](=O)[O-])cc1NC(=O)C(C)OC(=O)c1cc(OC)c(OC)cc1OC. The van der Waals surface area contributed by atoms with Crippen molar-refractivity contribution in [2.45, 2.75) is 13.0 Å². The number of carbonyl (C=O) groups is 2. The number of methoxy groups -OCH3 is 4. The number of benzene rings is 2. The van der Waals surface area contributed by atoms with E-state index in [1.165, 1.54) is 59.6 Å². The molecule has 2 aromatic rings. The second-order valence-corrected chi connectivity index (χ2v) is 6.09.